The van der Waals surface area contributed by atoms with Crippen molar-refractivity contribution >= 4 is 0 Å². The molecular weight excluding hydrogens is 230 g/mol. The van der Waals surface area contributed by atoms with E-state index < -0.39 is 0 Å². The predicted octanol–water partition coefficient (Wildman–Crippen LogP) is 1.84. The average Bonchev–Trinajstić information content (AvgIpc) is 2.38. The zero-order valence-corrected chi connectivity index (χ0v) is 11.2. The van der Waals surface area contributed by atoms with E-state index in [2.05, 4.69) is 12.2 Å². The van der Waals surface area contributed by atoms with Crippen LogP contribution in [0.2, 0.25) is 0 Å². The minimum Gasteiger partial charge on any atom is -0.497 e. The molecule has 0 heterocycles. The van der Waals surface area contributed by atoms with Crippen molar-refractivity contribution in [1.29, 1.82) is 0 Å². The van der Waals surface area contributed by atoms with E-state index in [0.717, 1.165) is 24.5 Å². The lowest BCUT2D eigenvalue weighted by Crippen LogP contribution is -2.60. The lowest BCUT2D eigenvalue weighted by atomic mass is 9.85. The maximum atomic E-state index is 5.93. The summed E-state index contributed by atoms with van der Waals surface area (Å²) in [5.41, 5.74) is 0. The van der Waals surface area contributed by atoms with Crippen molar-refractivity contribution in [2.24, 2.45) is 0 Å². The Kier molecular flexibility index (Phi) is 4.44. The van der Waals surface area contributed by atoms with Crippen LogP contribution in [0.5, 0.6) is 11.5 Å². The first-order valence-corrected chi connectivity index (χ1v) is 6.35. The number of rotatable bonds is 6. The SMILES string of the molecule is CCNC1CC(Oc2cccc(OC)c2)C1OC. The molecule has 1 fully saturated rings. The molecule has 3 unspecified atom stereocenters. The Balaban J connectivity index is 1.93. The quantitative estimate of drug-likeness (QED) is 0.837. The highest BCUT2D eigenvalue weighted by molar-refractivity contribution is 5.33. The summed E-state index contributed by atoms with van der Waals surface area (Å²) in [6, 6.07) is 8.07. The maximum Gasteiger partial charge on any atom is 0.128 e. The van der Waals surface area contributed by atoms with Gasteiger partial charge in [0.15, 0.2) is 0 Å². The Bertz CT molecular complexity index is 383. The third-order valence-electron chi connectivity index (χ3n) is 3.32. The first-order chi connectivity index (χ1) is 8.78. The Hall–Kier alpha value is -1.26. The molecule has 100 valence electrons. The van der Waals surface area contributed by atoms with Crippen molar-refractivity contribution in [3.8, 4) is 11.5 Å². The normalized spacial score (nSPS) is 26.5. The molecule has 1 aliphatic carbocycles. The smallest absolute Gasteiger partial charge is 0.128 e. The number of hydrogen-bond donors (Lipinski definition) is 1. The molecule has 0 spiro atoms. The molecule has 1 aromatic rings. The first kappa shape index (κ1) is 13.2. The number of likely N-dealkylation sites (N-methyl/N-ethyl adjacent to an activating group) is 1. The largest absolute Gasteiger partial charge is 0.497 e. The van der Waals surface area contributed by atoms with Gasteiger partial charge in [0, 0.05) is 25.6 Å². The van der Waals surface area contributed by atoms with Crippen LogP contribution in [0.25, 0.3) is 0 Å². The fourth-order valence-electron chi connectivity index (χ4n) is 2.32. The Morgan fingerprint density at radius 1 is 1.28 bits per heavy atom. The molecule has 1 aliphatic rings. The second kappa shape index (κ2) is 6.07. The number of methoxy groups -OCH3 is 2. The fraction of sp³-hybridized carbons (Fsp3) is 0.571. The lowest BCUT2D eigenvalue weighted by Gasteiger charge is -2.43. The minimum atomic E-state index is 0.117. The highest BCUT2D eigenvalue weighted by Gasteiger charge is 2.42. The van der Waals surface area contributed by atoms with Gasteiger partial charge in [0.05, 0.1) is 7.11 Å². The van der Waals surface area contributed by atoms with Crippen LogP contribution < -0.4 is 14.8 Å². The molecule has 3 atom stereocenters. The van der Waals surface area contributed by atoms with Crippen molar-refractivity contribution in [2.45, 2.75) is 31.6 Å². The van der Waals surface area contributed by atoms with Gasteiger partial charge in [-0.1, -0.05) is 13.0 Å². The van der Waals surface area contributed by atoms with Gasteiger partial charge in [-0.3, -0.25) is 0 Å². The van der Waals surface area contributed by atoms with Crippen molar-refractivity contribution in [3.63, 3.8) is 0 Å². The second-order valence-corrected chi connectivity index (χ2v) is 4.44. The fourth-order valence-corrected chi connectivity index (χ4v) is 2.32. The molecule has 0 aliphatic heterocycles. The van der Waals surface area contributed by atoms with Gasteiger partial charge in [-0.2, -0.15) is 0 Å². The number of hydrogen-bond acceptors (Lipinski definition) is 4. The summed E-state index contributed by atoms with van der Waals surface area (Å²) in [7, 11) is 3.39. The molecule has 4 nitrogen and oxygen atoms in total. The molecular formula is C14H21NO3. The van der Waals surface area contributed by atoms with E-state index in [1.165, 1.54) is 0 Å². The molecule has 1 N–H and O–H groups in total. The van der Waals surface area contributed by atoms with Gasteiger partial charge in [-0.05, 0) is 18.7 Å². The second-order valence-electron chi connectivity index (χ2n) is 4.44. The third-order valence-corrected chi connectivity index (χ3v) is 3.32. The Morgan fingerprint density at radius 3 is 2.72 bits per heavy atom. The third kappa shape index (κ3) is 2.76. The van der Waals surface area contributed by atoms with Crippen LogP contribution >= 0.6 is 0 Å². The molecule has 0 aromatic heterocycles. The average molecular weight is 251 g/mol. The summed E-state index contributed by atoms with van der Waals surface area (Å²) in [5, 5.41) is 3.39. The minimum absolute atomic E-state index is 0.117. The Morgan fingerprint density at radius 2 is 2.06 bits per heavy atom. The van der Waals surface area contributed by atoms with Crippen LogP contribution in [-0.2, 0) is 4.74 Å². The monoisotopic (exact) mass is 251 g/mol. The van der Waals surface area contributed by atoms with E-state index in [1.807, 2.05) is 24.3 Å². The molecule has 2 rings (SSSR count). The van der Waals surface area contributed by atoms with Gasteiger partial charge in [-0.25, -0.2) is 0 Å². The zero-order chi connectivity index (χ0) is 13.0. The van der Waals surface area contributed by atoms with Crippen molar-refractivity contribution in [3.05, 3.63) is 24.3 Å². The van der Waals surface area contributed by atoms with Crippen LogP contribution in [0.4, 0.5) is 0 Å². The number of benzene rings is 1. The van der Waals surface area contributed by atoms with Gasteiger partial charge in [-0.15, -0.1) is 0 Å². The Labute approximate surface area is 108 Å². The molecule has 1 saturated carbocycles. The first-order valence-electron chi connectivity index (χ1n) is 6.35. The van der Waals surface area contributed by atoms with Gasteiger partial charge >= 0.3 is 0 Å². The van der Waals surface area contributed by atoms with E-state index in [1.54, 1.807) is 14.2 Å². The molecule has 0 radical (unpaired) electrons. The highest BCUT2D eigenvalue weighted by atomic mass is 16.5. The number of nitrogens with one attached hydrogen (secondary N) is 1. The van der Waals surface area contributed by atoms with Crippen molar-refractivity contribution in [2.75, 3.05) is 20.8 Å². The topological polar surface area (TPSA) is 39.7 Å². The summed E-state index contributed by atoms with van der Waals surface area (Å²) in [4.78, 5) is 0. The van der Waals surface area contributed by atoms with Crippen LogP contribution in [-0.4, -0.2) is 39.0 Å². The van der Waals surface area contributed by atoms with E-state index in [9.17, 15) is 0 Å². The molecule has 0 bridgehead atoms. The summed E-state index contributed by atoms with van der Waals surface area (Å²) in [6.07, 6.45) is 1.21. The van der Waals surface area contributed by atoms with Crippen LogP contribution in [0.3, 0.4) is 0 Å². The van der Waals surface area contributed by atoms with Crippen LogP contribution in [0, 0.1) is 0 Å². The maximum absolute atomic E-state index is 5.93. The predicted molar refractivity (Wildman–Crippen MR) is 70.3 cm³/mol. The van der Waals surface area contributed by atoms with Gasteiger partial charge < -0.3 is 19.5 Å². The summed E-state index contributed by atoms with van der Waals surface area (Å²) >= 11 is 0. The molecule has 1 aromatic carbocycles. The summed E-state index contributed by atoms with van der Waals surface area (Å²) < 4.78 is 16.6. The van der Waals surface area contributed by atoms with E-state index >= 15 is 0 Å². The number of ether oxygens (including phenoxy) is 3. The van der Waals surface area contributed by atoms with E-state index in [4.69, 9.17) is 14.2 Å². The van der Waals surface area contributed by atoms with E-state index in [-0.39, 0.29) is 12.2 Å². The molecule has 0 amide bonds. The van der Waals surface area contributed by atoms with E-state index in [0.29, 0.717) is 6.04 Å². The zero-order valence-electron chi connectivity index (χ0n) is 11.2. The highest BCUT2D eigenvalue weighted by Crippen LogP contribution is 2.30. The van der Waals surface area contributed by atoms with Crippen molar-refractivity contribution < 1.29 is 14.2 Å². The van der Waals surface area contributed by atoms with Crippen molar-refractivity contribution in [1.82, 2.24) is 5.32 Å². The van der Waals surface area contributed by atoms with Gasteiger partial charge in [0.2, 0.25) is 0 Å². The molecule has 0 saturated heterocycles. The van der Waals surface area contributed by atoms with Gasteiger partial charge in [0.1, 0.15) is 23.7 Å². The molecule has 18 heavy (non-hydrogen) atoms. The van der Waals surface area contributed by atoms with Crippen LogP contribution in [0.15, 0.2) is 24.3 Å². The standard InChI is InChI=1S/C14H21NO3/c1-4-15-12-9-13(14(12)17-3)18-11-7-5-6-10(8-11)16-2/h5-8,12-15H,4,9H2,1-3H3. The summed E-state index contributed by atoms with van der Waals surface area (Å²) in [5.74, 6) is 1.64. The molecule has 4 heteroatoms. The summed E-state index contributed by atoms with van der Waals surface area (Å²) in [6.45, 7) is 3.05. The lowest BCUT2D eigenvalue weighted by molar-refractivity contribution is -0.0884. The van der Waals surface area contributed by atoms with Gasteiger partial charge in [0.25, 0.3) is 0 Å². The van der Waals surface area contributed by atoms with Crippen LogP contribution in [0.1, 0.15) is 13.3 Å².